The molecule has 5 heteroatoms. The Hall–Kier alpha value is -8.28. The number of para-hydroxylation sites is 4. The molecule has 14 rings (SSSR count). The van der Waals surface area contributed by atoms with Crippen LogP contribution in [0.3, 0.4) is 0 Å². The van der Waals surface area contributed by atoms with Crippen molar-refractivity contribution < 1.29 is 0 Å². The minimum Gasteiger partial charge on any atom is -0.354 e. The Morgan fingerprint density at radius 2 is 0.836 bits per heavy atom. The molecular weight excluding hydrogens is 747 g/mol. The van der Waals surface area contributed by atoms with Gasteiger partial charge in [-0.05, 0) is 105 Å². The molecule has 0 amide bonds. The molecule has 11 aromatic carbocycles. The van der Waals surface area contributed by atoms with Crippen LogP contribution in [0.1, 0.15) is 0 Å². The maximum atomic E-state index is 15.0. The summed E-state index contributed by atoms with van der Waals surface area (Å²) in [5, 5.41) is 12.9. The van der Waals surface area contributed by atoms with E-state index in [-0.39, 0.29) is 10.9 Å². The fourth-order valence-electron chi connectivity index (χ4n) is 10.6. The van der Waals surface area contributed by atoms with E-state index >= 15 is 4.79 Å². The van der Waals surface area contributed by atoms with Crippen molar-refractivity contribution in [1.29, 1.82) is 0 Å². The molecule has 0 saturated carbocycles. The van der Waals surface area contributed by atoms with Gasteiger partial charge in [-0.2, -0.15) is 0 Å². The molecule has 0 aliphatic heterocycles. The highest BCUT2D eigenvalue weighted by Crippen LogP contribution is 2.43. The minimum atomic E-state index is -0.0662. The van der Waals surface area contributed by atoms with Gasteiger partial charge in [0.2, 0.25) is 0 Å². The van der Waals surface area contributed by atoms with Crippen molar-refractivity contribution in [3.05, 3.63) is 196 Å². The number of benzene rings is 9. The van der Waals surface area contributed by atoms with Crippen molar-refractivity contribution in [2.45, 2.75) is 0 Å². The van der Waals surface area contributed by atoms with Gasteiger partial charge in [0.15, 0.2) is 10.9 Å². The Bertz CT molecular complexity index is 4290. The first-order valence-electron chi connectivity index (χ1n) is 20.7. The van der Waals surface area contributed by atoms with Crippen LogP contribution in [0.5, 0.6) is 0 Å². The van der Waals surface area contributed by atoms with Crippen LogP contribution in [-0.2, 0) is 0 Å². The van der Waals surface area contributed by atoms with Crippen LogP contribution in [-0.4, -0.2) is 14.5 Å². The fourth-order valence-corrected chi connectivity index (χ4v) is 10.6. The lowest BCUT2D eigenvalue weighted by molar-refractivity contribution is 1.20. The van der Waals surface area contributed by atoms with Gasteiger partial charge in [-0.25, -0.2) is 0 Å². The third-order valence-corrected chi connectivity index (χ3v) is 13.3. The van der Waals surface area contributed by atoms with E-state index in [0.717, 1.165) is 104 Å². The molecule has 0 spiro atoms. The summed E-state index contributed by atoms with van der Waals surface area (Å²) in [6.07, 6.45) is 0. The second-order valence-corrected chi connectivity index (χ2v) is 16.5. The first-order chi connectivity index (χ1) is 30.1. The van der Waals surface area contributed by atoms with Crippen LogP contribution in [0.4, 0.5) is 0 Å². The van der Waals surface area contributed by atoms with E-state index in [1.807, 2.05) is 24.3 Å². The lowest BCUT2D eigenvalue weighted by Gasteiger charge is -2.11. The highest BCUT2D eigenvalue weighted by atomic mass is 16.1. The van der Waals surface area contributed by atoms with E-state index in [1.165, 1.54) is 10.8 Å². The molecule has 0 radical (unpaired) electrons. The smallest absolute Gasteiger partial charge is 0.194 e. The third-order valence-electron chi connectivity index (χ3n) is 13.3. The van der Waals surface area contributed by atoms with Gasteiger partial charge in [0, 0.05) is 81.3 Å². The van der Waals surface area contributed by atoms with Crippen LogP contribution < -0.4 is 10.9 Å². The van der Waals surface area contributed by atoms with E-state index in [0.29, 0.717) is 21.5 Å². The average Bonchev–Trinajstić information content (AvgIpc) is 4.10. The highest BCUT2D eigenvalue weighted by molar-refractivity contribution is 6.26. The average molecular weight is 778 g/mol. The number of aromatic nitrogens is 3. The molecule has 0 aliphatic rings. The normalized spacial score (nSPS) is 12.4. The van der Waals surface area contributed by atoms with Gasteiger partial charge in [-0.15, -0.1) is 0 Å². The molecule has 61 heavy (non-hydrogen) atoms. The van der Waals surface area contributed by atoms with Gasteiger partial charge in [-0.1, -0.05) is 109 Å². The number of hydrogen-bond acceptors (Lipinski definition) is 2. The summed E-state index contributed by atoms with van der Waals surface area (Å²) in [5.74, 6) is 0. The maximum absolute atomic E-state index is 15.0. The van der Waals surface area contributed by atoms with Crippen molar-refractivity contribution >= 4 is 109 Å². The zero-order chi connectivity index (χ0) is 40.1. The van der Waals surface area contributed by atoms with Crippen molar-refractivity contribution in [2.75, 3.05) is 0 Å². The van der Waals surface area contributed by atoms with Crippen LogP contribution in [0.25, 0.3) is 136 Å². The first-order valence-corrected chi connectivity index (χ1v) is 20.7. The summed E-state index contributed by atoms with van der Waals surface area (Å²) in [5.41, 5.74) is 11.1. The fraction of sp³-hybridized carbons (Fsp3) is 0. The number of nitrogens with zero attached hydrogens (tertiary/aromatic N) is 1. The molecular formula is C56H31N3O2. The summed E-state index contributed by atoms with van der Waals surface area (Å²) >= 11 is 0. The lowest BCUT2D eigenvalue weighted by Crippen LogP contribution is -1.98. The van der Waals surface area contributed by atoms with E-state index in [1.54, 1.807) is 0 Å². The number of rotatable bonds is 3. The van der Waals surface area contributed by atoms with E-state index in [4.69, 9.17) is 0 Å². The van der Waals surface area contributed by atoms with Crippen LogP contribution in [0.2, 0.25) is 0 Å². The summed E-state index contributed by atoms with van der Waals surface area (Å²) in [4.78, 5) is 36.7. The highest BCUT2D eigenvalue weighted by Gasteiger charge is 2.23. The van der Waals surface area contributed by atoms with Crippen molar-refractivity contribution in [3.63, 3.8) is 0 Å². The monoisotopic (exact) mass is 777 g/mol. The first kappa shape index (κ1) is 32.7. The van der Waals surface area contributed by atoms with Gasteiger partial charge in [0.05, 0.1) is 16.7 Å². The molecule has 2 N–H and O–H groups in total. The number of H-pyrrole nitrogens is 2. The maximum Gasteiger partial charge on any atom is 0.194 e. The molecule has 0 bridgehead atoms. The Balaban J connectivity index is 1.09. The Morgan fingerprint density at radius 1 is 0.311 bits per heavy atom. The van der Waals surface area contributed by atoms with Crippen molar-refractivity contribution in [3.8, 4) is 27.9 Å². The SMILES string of the molecule is O=c1c2cc3c(=O)c4c(-c5ccc6c(c5)[nH]c5ccccc56)cc(-c5ccc6c(c5)[nH]c5ccccc56)cc4c3cc2c2c(-n3c4ccccc4c4ccccc43)cccc12. The van der Waals surface area contributed by atoms with Gasteiger partial charge in [0.1, 0.15) is 0 Å². The summed E-state index contributed by atoms with van der Waals surface area (Å²) in [7, 11) is 0. The molecule has 3 heterocycles. The molecule has 0 fully saturated rings. The zero-order valence-electron chi connectivity index (χ0n) is 32.5. The number of nitrogens with one attached hydrogen (secondary N) is 2. The molecule has 0 saturated heterocycles. The van der Waals surface area contributed by atoms with Crippen molar-refractivity contribution in [1.82, 2.24) is 14.5 Å². The minimum absolute atomic E-state index is 0.0593. The summed E-state index contributed by atoms with van der Waals surface area (Å²) < 4.78 is 2.29. The Labute approximate surface area is 346 Å². The van der Waals surface area contributed by atoms with E-state index in [9.17, 15) is 4.79 Å². The molecule has 3 aromatic heterocycles. The molecule has 0 aliphatic carbocycles. The predicted molar refractivity (Wildman–Crippen MR) is 255 cm³/mol. The molecule has 0 unspecified atom stereocenters. The lowest BCUT2D eigenvalue weighted by atomic mass is 9.93. The quantitative estimate of drug-likeness (QED) is 0.188. The topological polar surface area (TPSA) is 70.7 Å². The van der Waals surface area contributed by atoms with Crippen LogP contribution >= 0.6 is 0 Å². The van der Waals surface area contributed by atoms with Gasteiger partial charge in [0.25, 0.3) is 0 Å². The van der Waals surface area contributed by atoms with Gasteiger partial charge < -0.3 is 14.5 Å². The predicted octanol–water partition coefficient (Wildman–Crippen LogP) is 13.6. The van der Waals surface area contributed by atoms with E-state index in [2.05, 4.69) is 166 Å². The van der Waals surface area contributed by atoms with Crippen LogP contribution in [0, 0.1) is 0 Å². The number of fused-ring (bicyclic) bond motifs is 15. The third kappa shape index (κ3) is 4.34. The second kappa shape index (κ2) is 11.7. The van der Waals surface area contributed by atoms with E-state index < -0.39 is 0 Å². The van der Waals surface area contributed by atoms with Gasteiger partial charge >= 0.3 is 0 Å². The van der Waals surface area contributed by atoms with Crippen LogP contribution in [0.15, 0.2) is 186 Å². The standard InChI is InChI=1S/C56H31N3O2/c60-55-39-14-9-19-52(59-50-17-7-3-12-37(50)38-13-4-8-18-51(38)59)53(39)43-28-41-42-25-32(30-20-22-35-33-10-1-5-15-46(33)57-48(35)26-30)24-40(54(42)56(61)44(41)29-45(43)55)31-21-23-36-34-11-2-6-16-47(34)58-49(36)27-31/h1-29,57-58H. The molecule has 5 nitrogen and oxygen atoms in total. The summed E-state index contributed by atoms with van der Waals surface area (Å²) in [6.45, 7) is 0. The number of aromatic amines is 2. The summed E-state index contributed by atoms with van der Waals surface area (Å²) in [6, 6.07) is 61.0. The molecule has 14 aromatic rings. The van der Waals surface area contributed by atoms with Gasteiger partial charge in [-0.3, -0.25) is 9.59 Å². The largest absolute Gasteiger partial charge is 0.354 e. The molecule has 0 atom stereocenters. The Kier molecular flexibility index (Phi) is 6.25. The number of hydrogen-bond donors (Lipinski definition) is 2. The second-order valence-electron chi connectivity index (χ2n) is 16.5. The molecule has 282 valence electrons. The van der Waals surface area contributed by atoms with Crippen molar-refractivity contribution in [2.24, 2.45) is 0 Å². The Morgan fingerprint density at radius 3 is 1.52 bits per heavy atom. The zero-order valence-corrected chi connectivity index (χ0v) is 32.5.